The molecule has 1 N–H and O–H groups in total. The number of fused-ring (bicyclic) bond motifs is 2. The highest BCUT2D eigenvalue weighted by Gasteiger charge is 2.56. The number of imidazole rings is 1. The highest BCUT2D eigenvalue weighted by molar-refractivity contribution is 5.82. The van der Waals surface area contributed by atoms with Crippen LogP contribution in [0.1, 0.15) is 71.4 Å². The third-order valence-corrected chi connectivity index (χ3v) is 7.45. The summed E-state index contributed by atoms with van der Waals surface area (Å²) in [5.41, 5.74) is 1.39. The molecule has 4 aliphatic rings. The summed E-state index contributed by atoms with van der Waals surface area (Å²) in [5.74, 6) is 6.10. The molecule has 2 aromatic heterocycles. The van der Waals surface area contributed by atoms with Gasteiger partial charge >= 0.3 is 0 Å². The van der Waals surface area contributed by atoms with E-state index in [1.165, 1.54) is 12.8 Å². The topological polar surface area (TPSA) is 83.3 Å². The fraction of sp³-hybridized carbons (Fsp3) is 0.720. The van der Waals surface area contributed by atoms with E-state index in [2.05, 4.69) is 32.1 Å². The summed E-state index contributed by atoms with van der Waals surface area (Å²) < 4.78 is 35.0. The van der Waals surface area contributed by atoms with Gasteiger partial charge in [0.2, 0.25) is 0 Å². The fourth-order valence-corrected chi connectivity index (χ4v) is 5.76. The van der Waals surface area contributed by atoms with Gasteiger partial charge in [0.05, 0.1) is 12.2 Å². The smallest absolute Gasteiger partial charge is 0.167 e. The van der Waals surface area contributed by atoms with Crippen LogP contribution < -0.4 is 5.32 Å². The summed E-state index contributed by atoms with van der Waals surface area (Å²) in [4.78, 5) is 13.6. The minimum absolute atomic E-state index is 0.240. The molecule has 9 heteroatoms. The molecule has 0 radical (unpaired) electrons. The van der Waals surface area contributed by atoms with Gasteiger partial charge in [-0.15, -0.1) is 0 Å². The maximum atomic E-state index is 14.3. The van der Waals surface area contributed by atoms with E-state index in [0.717, 1.165) is 37.9 Å². The van der Waals surface area contributed by atoms with E-state index < -0.39 is 24.3 Å². The lowest BCUT2D eigenvalue weighted by Gasteiger charge is -2.24. The molecule has 6 rings (SSSR count). The Labute approximate surface area is 199 Å². The predicted molar refractivity (Wildman–Crippen MR) is 124 cm³/mol. The molecule has 2 saturated heterocycles. The Morgan fingerprint density at radius 1 is 1.00 bits per heavy atom. The van der Waals surface area contributed by atoms with E-state index in [4.69, 9.17) is 14.2 Å². The van der Waals surface area contributed by atoms with Crippen molar-refractivity contribution in [2.45, 2.75) is 108 Å². The minimum Gasteiger partial charge on any atom is -0.365 e. The predicted octanol–water partition coefficient (Wildman–Crippen LogP) is 4.13. The first kappa shape index (κ1) is 22.2. The lowest BCUT2D eigenvalue weighted by molar-refractivity contribution is -0.190. The van der Waals surface area contributed by atoms with E-state index in [-0.39, 0.29) is 18.1 Å². The van der Waals surface area contributed by atoms with Gasteiger partial charge < -0.3 is 19.5 Å². The molecule has 0 bridgehead atoms. The standard InChI is InChI=1S/C25H32FN5O3/c1-25(2)33-20-18(12-11-15-7-3-6-10-17(15)26)32-24(21(20)34-25)31-14-29-19-22(27-13-28-23(19)31)30-16-8-4-5-9-16/h13-18,20-21,24H,3-10H2,1-2H3,(H,27,28,30)/t15?,17?,18-,20-,21+,24-/m1/s1. The first-order valence-corrected chi connectivity index (χ1v) is 12.6. The third kappa shape index (κ3) is 4.06. The van der Waals surface area contributed by atoms with Crippen LogP contribution >= 0.6 is 0 Å². The number of hydrogen-bond donors (Lipinski definition) is 1. The second-order valence-electron chi connectivity index (χ2n) is 10.4. The highest BCUT2D eigenvalue weighted by atomic mass is 19.1. The number of ether oxygens (including phenoxy) is 3. The second kappa shape index (κ2) is 8.74. The van der Waals surface area contributed by atoms with E-state index in [0.29, 0.717) is 23.6 Å². The molecule has 2 aliphatic heterocycles. The van der Waals surface area contributed by atoms with E-state index in [1.54, 1.807) is 12.7 Å². The fourth-order valence-electron chi connectivity index (χ4n) is 5.76. The number of alkyl halides is 1. The van der Waals surface area contributed by atoms with Crippen molar-refractivity contribution < 1.29 is 18.6 Å². The van der Waals surface area contributed by atoms with Crippen molar-refractivity contribution in [3.8, 4) is 11.8 Å². The largest absolute Gasteiger partial charge is 0.365 e. The molecule has 8 nitrogen and oxygen atoms in total. The van der Waals surface area contributed by atoms with Crippen LogP contribution in [0.3, 0.4) is 0 Å². The molecule has 0 spiro atoms. The monoisotopic (exact) mass is 469 g/mol. The molecule has 6 atom stereocenters. The number of aromatic nitrogens is 4. The highest BCUT2D eigenvalue weighted by Crippen LogP contribution is 2.44. The quantitative estimate of drug-likeness (QED) is 0.677. The Bertz CT molecular complexity index is 1100. The van der Waals surface area contributed by atoms with Crippen molar-refractivity contribution in [3.05, 3.63) is 12.7 Å². The maximum absolute atomic E-state index is 14.3. The molecule has 4 fully saturated rings. The van der Waals surface area contributed by atoms with E-state index in [1.807, 2.05) is 18.4 Å². The SMILES string of the molecule is CC1(C)O[C@H]2[C@H](O1)[C@@H](C#CC1CCCCC1F)O[C@H]2n1cnc2c(NC3CCCC3)ncnc21. The average Bonchev–Trinajstić information content (AvgIpc) is 3.58. The lowest BCUT2D eigenvalue weighted by atomic mass is 9.88. The van der Waals surface area contributed by atoms with Crippen LogP contribution in [-0.4, -0.2) is 55.8 Å². The van der Waals surface area contributed by atoms with Gasteiger partial charge in [-0.1, -0.05) is 37.5 Å². The van der Waals surface area contributed by atoms with Gasteiger partial charge in [-0.25, -0.2) is 19.3 Å². The number of anilines is 1. The van der Waals surface area contributed by atoms with Crippen molar-refractivity contribution in [3.63, 3.8) is 0 Å². The van der Waals surface area contributed by atoms with Gasteiger partial charge in [0.15, 0.2) is 29.0 Å². The summed E-state index contributed by atoms with van der Waals surface area (Å²) in [6.45, 7) is 3.78. The first-order chi connectivity index (χ1) is 16.5. The van der Waals surface area contributed by atoms with Crippen LogP contribution in [-0.2, 0) is 14.2 Å². The summed E-state index contributed by atoms with van der Waals surface area (Å²) in [6, 6.07) is 0.418. The van der Waals surface area contributed by atoms with Crippen molar-refractivity contribution in [1.29, 1.82) is 0 Å². The van der Waals surface area contributed by atoms with Gasteiger partial charge in [0, 0.05) is 6.04 Å². The number of rotatable bonds is 3. The van der Waals surface area contributed by atoms with Crippen LogP contribution in [0.15, 0.2) is 12.7 Å². The molecule has 2 aromatic rings. The summed E-state index contributed by atoms with van der Waals surface area (Å²) in [6.07, 6.45) is 8.74. The van der Waals surface area contributed by atoms with E-state index >= 15 is 0 Å². The van der Waals surface area contributed by atoms with Crippen LogP contribution in [0.5, 0.6) is 0 Å². The summed E-state index contributed by atoms with van der Waals surface area (Å²) in [7, 11) is 0. The Balaban J connectivity index is 1.29. The molecule has 0 aromatic carbocycles. The molecule has 0 amide bonds. The number of hydrogen-bond acceptors (Lipinski definition) is 7. The summed E-state index contributed by atoms with van der Waals surface area (Å²) in [5, 5.41) is 3.54. The van der Waals surface area contributed by atoms with Crippen molar-refractivity contribution in [2.75, 3.05) is 5.32 Å². The molecule has 2 aliphatic carbocycles. The van der Waals surface area contributed by atoms with Crippen LogP contribution in [0.25, 0.3) is 11.2 Å². The Kier molecular flexibility index (Phi) is 5.71. The van der Waals surface area contributed by atoms with Crippen molar-refractivity contribution in [1.82, 2.24) is 19.5 Å². The zero-order valence-corrected chi connectivity index (χ0v) is 19.7. The first-order valence-electron chi connectivity index (χ1n) is 12.6. The maximum Gasteiger partial charge on any atom is 0.167 e. The zero-order valence-electron chi connectivity index (χ0n) is 19.7. The van der Waals surface area contributed by atoms with Gasteiger partial charge in [-0.05, 0) is 39.5 Å². The molecular weight excluding hydrogens is 437 g/mol. The molecule has 34 heavy (non-hydrogen) atoms. The van der Waals surface area contributed by atoms with Crippen molar-refractivity contribution >= 4 is 17.0 Å². The zero-order chi connectivity index (χ0) is 23.3. The normalized spacial score (nSPS) is 35.3. The average molecular weight is 470 g/mol. The number of halogens is 1. The molecule has 2 saturated carbocycles. The lowest BCUT2D eigenvalue weighted by Crippen LogP contribution is -2.29. The van der Waals surface area contributed by atoms with Crippen molar-refractivity contribution in [2.24, 2.45) is 5.92 Å². The van der Waals surface area contributed by atoms with E-state index in [9.17, 15) is 4.39 Å². The number of nitrogens with one attached hydrogen (secondary N) is 1. The van der Waals surface area contributed by atoms with Crippen LogP contribution in [0, 0.1) is 17.8 Å². The second-order valence-corrected chi connectivity index (χ2v) is 10.4. The minimum atomic E-state index is -0.869. The molecule has 182 valence electrons. The Morgan fingerprint density at radius 2 is 1.76 bits per heavy atom. The number of nitrogens with zero attached hydrogens (tertiary/aromatic N) is 4. The molecule has 2 unspecified atom stereocenters. The van der Waals surface area contributed by atoms with Gasteiger partial charge in [-0.3, -0.25) is 4.57 Å². The third-order valence-electron chi connectivity index (χ3n) is 7.45. The van der Waals surface area contributed by atoms with Gasteiger partial charge in [0.25, 0.3) is 0 Å². The Morgan fingerprint density at radius 3 is 2.59 bits per heavy atom. The van der Waals surface area contributed by atoms with Crippen LogP contribution in [0.4, 0.5) is 10.2 Å². The summed E-state index contributed by atoms with van der Waals surface area (Å²) >= 11 is 0. The molecule has 4 heterocycles. The Hall–Kier alpha value is -2.28. The van der Waals surface area contributed by atoms with Gasteiger partial charge in [-0.2, -0.15) is 0 Å². The molecular formula is C25H32FN5O3. The van der Waals surface area contributed by atoms with Crippen LogP contribution in [0.2, 0.25) is 0 Å². The van der Waals surface area contributed by atoms with Gasteiger partial charge in [0.1, 0.15) is 30.8 Å².